The van der Waals surface area contributed by atoms with Crippen molar-refractivity contribution in [2.45, 2.75) is 6.17 Å². The van der Waals surface area contributed by atoms with Gasteiger partial charge in [0.1, 0.15) is 16.9 Å². The number of thiol groups is 1. The summed E-state index contributed by atoms with van der Waals surface area (Å²) in [6.07, 6.45) is -1.47. The van der Waals surface area contributed by atoms with Crippen LogP contribution in [0.4, 0.5) is 4.39 Å². The molecule has 1 unspecified atom stereocenters. The highest BCUT2D eigenvalue weighted by Gasteiger charge is 1.96. The van der Waals surface area contributed by atoms with E-state index in [1.165, 1.54) is 0 Å². The van der Waals surface area contributed by atoms with Crippen LogP contribution in [-0.2, 0) is 10.7 Å². The van der Waals surface area contributed by atoms with E-state index in [0.29, 0.717) is 0 Å². The molecule has 1 atom stereocenters. The molecule has 0 aliphatic carbocycles. The Hall–Kier alpha value is -0.120. The van der Waals surface area contributed by atoms with Gasteiger partial charge in [0.2, 0.25) is 0 Å². The molecule has 0 N–H and O–H groups in total. The van der Waals surface area contributed by atoms with E-state index in [1.807, 2.05) is 0 Å². The second-order valence-electron chi connectivity index (χ2n) is 1.11. The Bertz CT molecular complexity index is 99.5. The predicted octanol–water partition coefficient (Wildman–Crippen LogP) is -0.230. The Labute approximate surface area is 43.3 Å². The Balaban J connectivity index is 3.32. The van der Waals surface area contributed by atoms with Gasteiger partial charge >= 0.3 is 0 Å². The smallest absolute Gasteiger partial charge is 0.142 e. The summed E-state index contributed by atoms with van der Waals surface area (Å²) in [4.78, 5) is 0. The molecular formula is C3H6FO2S. The first kappa shape index (κ1) is 6.88. The van der Waals surface area contributed by atoms with Gasteiger partial charge in [0.15, 0.2) is 0 Å². The lowest BCUT2D eigenvalue weighted by Gasteiger charge is -1.86. The summed E-state index contributed by atoms with van der Waals surface area (Å²) in [6.45, 7) is 2.83. The second kappa shape index (κ2) is 2.96. The monoisotopic (exact) mass is 125 g/mol. The molecule has 4 heteroatoms. The van der Waals surface area contributed by atoms with Crippen LogP contribution >= 0.6 is 0 Å². The van der Waals surface area contributed by atoms with Crippen molar-refractivity contribution in [1.29, 1.82) is 0 Å². The maximum atomic E-state index is 11.5. The topological polar surface area (TPSA) is 34.1 Å². The minimum atomic E-state index is -2.58. The minimum absolute atomic E-state index is 0.463. The Morgan fingerprint density at radius 3 is 2.14 bits per heavy atom. The van der Waals surface area contributed by atoms with Gasteiger partial charge in [-0.2, -0.15) is 0 Å². The average molecular weight is 125 g/mol. The molecule has 0 amide bonds. The number of hydrogen-bond donors (Lipinski definition) is 1. The number of rotatable bonds is 2. The summed E-state index contributed by atoms with van der Waals surface area (Å²) < 4.78 is 30.6. The van der Waals surface area contributed by atoms with Crippen LogP contribution in [0.5, 0.6) is 0 Å². The molecule has 43 valence electrons. The van der Waals surface area contributed by atoms with Crippen LogP contribution in [0, 0.1) is 6.92 Å². The first-order valence-electron chi connectivity index (χ1n) is 1.72. The van der Waals surface area contributed by atoms with Gasteiger partial charge in [-0.05, 0) is 6.92 Å². The summed E-state index contributed by atoms with van der Waals surface area (Å²) in [5.41, 5.74) is 0. The molecule has 0 saturated carbocycles. The first-order valence-corrected chi connectivity index (χ1v) is 3.08. The third-order valence-electron chi connectivity index (χ3n) is 0.347. The number of halogens is 1. The lowest BCUT2D eigenvalue weighted by atomic mass is 10.5. The molecule has 0 aliphatic rings. The van der Waals surface area contributed by atoms with Crippen molar-refractivity contribution in [3.8, 4) is 0 Å². The van der Waals surface area contributed by atoms with E-state index in [9.17, 15) is 12.8 Å². The highest BCUT2D eigenvalue weighted by molar-refractivity contribution is 7.72. The van der Waals surface area contributed by atoms with E-state index in [-0.39, 0.29) is 0 Å². The van der Waals surface area contributed by atoms with Gasteiger partial charge in [-0.3, -0.25) is 0 Å². The Kier molecular flexibility index (Phi) is 2.91. The SMILES string of the molecule is [CH2]C(F)C[SH](=O)=O. The van der Waals surface area contributed by atoms with Crippen LogP contribution in [-0.4, -0.2) is 20.3 Å². The zero-order valence-corrected chi connectivity index (χ0v) is 4.53. The average Bonchev–Trinajstić information content (AvgIpc) is 1.27. The van der Waals surface area contributed by atoms with Gasteiger partial charge in [-0.1, -0.05) is 0 Å². The van der Waals surface area contributed by atoms with E-state index in [1.54, 1.807) is 0 Å². The van der Waals surface area contributed by atoms with Gasteiger partial charge in [-0.15, -0.1) is 0 Å². The van der Waals surface area contributed by atoms with Crippen LogP contribution in [0.15, 0.2) is 0 Å². The van der Waals surface area contributed by atoms with Crippen molar-refractivity contribution in [1.82, 2.24) is 0 Å². The number of hydrogen-bond acceptors (Lipinski definition) is 2. The van der Waals surface area contributed by atoms with Crippen molar-refractivity contribution in [3.05, 3.63) is 6.92 Å². The summed E-state index contributed by atoms with van der Waals surface area (Å²) >= 11 is 0. The second-order valence-corrected chi connectivity index (χ2v) is 2.14. The fourth-order valence-electron chi connectivity index (χ4n) is 0.162. The van der Waals surface area contributed by atoms with Crippen molar-refractivity contribution < 1.29 is 12.8 Å². The molecule has 0 fully saturated rings. The molecule has 0 aromatic carbocycles. The zero-order chi connectivity index (χ0) is 5.86. The minimum Gasteiger partial charge on any atom is -0.246 e. The lowest BCUT2D eigenvalue weighted by Crippen LogP contribution is -2.01. The van der Waals surface area contributed by atoms with Gasteiger partial charge in [0.25, 0.3) is 0 Å². The summed E-state index contributed by atoms with van der Waals surface area (Å²) in [6, 6.07) is 0. The van der Waals surface area contributed by atoms with Crippen molar-refractivity contribution in [3.63, 3.8) is 0 Å². The van der Waals surface area contributed by atoms with E-state index >= 15 is 0 Å². The Morgan fingerprint density at radius 2 is 2.14 bits per heavy atom. The van der Waals surface area contributed by atoms with E-state index in [2.05, 4.69) is 6.92 Å². The molecule has 0 saturated heterocycles. The van der Waals surface area contributed by atoms with Crippen LogP contribution < -0.4 is 0 Å². The highest BCUT2D eigenvalue weighted by Crippen LogP contribution is 1.84. The molecular weight excluding hydrogens is 119 g/mol. The van der Waals surface area contributed by atoms with Crippen LogP contribution in [0.2, 0.25) is 0 Å². The van der Waals surface area contributed by atoms with Crippen LogP contribution in [0.1, 0.15) is 0 Å². The summed E-state index contributed by atoms with van der Waals surface area (Å²) in [7, 11) is -2.58. The van der Waals surface area contributed by atoms with Crippen molar-refractivity contribution in [2.24, 2.45) is 0 Å². The summed E-state index contributed by atoms with van der Waals surface area (Å²) in [5.74, 6) is -0.463. The fourth-order valence-corrected chi connectivity index (χ4v) is 0.485. The first-order chi connectivity index (χ1) is 3.13. The molecule has 0 rings (SSSR count). The molecule has 0 spiro atoms. The molecule has 1 radical (unpaired) electrons. The normalized spacial score (nSPS) is 14.7. The Morgan fingerprint density at radius 1 is 1.71 bits per heavy atom. The molecule has 0 aromatic rings. The van der Waals surface area contributed by atoms with Crippen LogP contribution in [0.3, 0.4) is 0 Å². The van der Waals surface area contributed by atoms with Gasteiger partial charge in [0.05, 0.1) is 5.75 Å². The quantitative estimate of drug-likeness (QED) is 0.517. The molecule has 0 heterocycles. The predicted molar refractivity (Wildman–Crippen MR) is 25.4 cm³/mol. The molecule has 2 nitrogen and oxygen atoms in total. The fraction of sp³-hybridized carbons (Fsp3) is 0.667. The van der Waals surface area contributed by atoms with E-state index in [0.717, 1.165) is 0 Å². The van der Waals surface area contributed by atoms with Gasteiger partial charge in [0, 0.05) is 0 Å². The maximum absolute atomic E-state index is 11.5. The van der Waals surface area contributed by atoms with E-state index < -0.39 is 22.6 Å². The molecule has 7 heavy (non-hydrogen) atoms. The standard InChI is InChI=1S/C3H6FO2S/c1-3(4)2-7(5)6/h3,7H,1-2H2. The lowest BCUT2D eigenvalue weighted by molar-refractivity contribution is 0.428. The summed E-state index contributed by atoms with van der Waals surface area (Å²) in [5, 5.41) is 0. The van der Waals surface area contributed by atoms with Crippen LogP contribution in [0.25, 0.3) is 0 Å². The number of alkyl halides is 1. The highest BCUT2D eigenvalue weighted by atomic mass is 32.2. The van der Waals surface area contributed by atoms with E-state index in [4.69, 9.17) is 0 Å². The zero-order valence-electron chi connectivity index (χ0n) is 3.63. The molecule has 0 aliphatic heterocycles. The molecule has 0 bridgehead atoms. The molecule has 0 aromatic heterocycles. The largest absolute Gasteiger partial charge is 0.246 e. The third kappa shape index (κ3) is 5.88. The van der Waals surface area contributed by atoms with Gasteiger partial charge in [-0.25, -0.2) is 12.8 Å². The third-order valence-corrected chi connectivity index (χ3v) is 1.04. The van der Waals surface area contributed by atoms with Gasteiger partial charge < -0.3 is 0 Å². The van der Waals surface area contributed by atoms with Crippen molar-refractivity contribution in [2.75, 3.05) is 5.75 Å². The maximum Gasteiger partial charge on any atom is 0.142 e. The van der Waals surface area contributed by atoms with Crippen molar-refractivity contribution >= 4 is 10.7 Å².